The summed E-state index contributed by atoms with van der Waals surface area (Å²) in [5, 5.41) is 12.7. The fraction of sp³-hybridized carbons (Fsp3) is 0.700. The van der Waals surface area contributed by atoms with Gasteiger partial charge in [-0.05, 0) is 26.3 Å². The zero-order valence-corrected chi connectivity index (χ0v) is 9.26. The summed E-state index contributed by atoms with van der Waals surface area (Å²) in [7, 11) is 0. The van der Waals surface area contributed by atoms with Crippen LogP contribution in [0, 0.1) is 6.92 Å². The van der Waals surface area contributed by atoms with Crippen LogP contribution in [0.5, 0.6) is 0 Å². The fourth-order valence-corrected chi connectivity index (χ4v) is 2.65. The average molecular weight is 212 g/mol. The highest BCUT2D eigenvalue weighted by molar-refractivity contribution is 7.09. The number of aliphatic hydroxyl groups is 1. The first kappa shape index (κ1) is 10.1. The number of aliphatic hydroxyl groups excluding tert-OH is 1. The molecule has 0 spiro atoms. The van der Waals surface area contributed by atoms with E-state index in [-0.39, 0.29) is 6.10 Å². The molecular weight excluding hydrogens is 196 g/mol. The van der Waals surface area contributed by atoms with Gasteiger partial charge in [-0.15, -0.1) is 11.3 Å². The molecule has 1 fully saturated rings. The number of piperidine rings is 1. The Labute approximate surface area is 88.4 Å². The highest BCUT2D eigenvalue weighted by Gasteiger charge is 2.18. The Bertz CT molecular complexity index is 300. The van der Waals surface area contributed by atoms with Crippen LogP contribution in [0.4, 0.5) is 0 Å². The molecule has 1 aliphatic heterocycles. The molecule has 0 saturated carbocycles. The van der Waals surface area contributed by atoms with E-state index in [1.54, 1.807) is 11.3 Å². The number of likely N-dealkylation sites (tertiary alicyclic amines) is 1. The van der Waals surface area contributed by atoms with Crippen molar-refractivity contribution >= 4 is 11.3 Å². The van der Waals surface area contributed by atoms with Gasteiger partial charge in [0.05, 0.1) is 12.6 Å². The van der Waals surface area contributed by atoms with E-state index in [1.165, 1.54) is 0 Å². The van der Waals surface area contributed by atoms with Crippen LogP contribution < -0.4 is 0 Å². The van der Waals surface area contributed by atoms with Crippen LogP contribution in [-0.4, -0.2) is 34.2 Å². The summed E-state index contributed by atoms with van der Waals surface area (Å²) >= 11 is 1.71. The van der Waals surface area contributed by atoms with Crippen LogP contribution >= 0.6 is 11.3 Å². The molecule has 1 unspecified atom stereocenters. The molecule has 1 saturated heterocycles. The first-order valence-electron chi connectivity index (χ1n) is 5.05. The lowest BCUT2D eigenvalue weighted by Crippen LogP contribution is -2.37. The number of rotatable bonds is 2. The third kappa shape index (κ3) is 2.53. The molecule has 0 aromatic carbocycles. The van der Waals surface area contributed by atoms with E-state index in [1.807, 2.05) is 6.92 Å². The Morgan fingerprint density at radius 3 is 3.21 bits per heavy atom. The Kier molecular flexibility index (Phi) is 3.15. The quantitative estimate of drug-likeness (QED) is 0.805. The van der Waals surface area contributed by atoms with E-state index < -0.39 is 0 Å². The first-order chi connectivity index (χ1) is 6.74. The van der Waals surface area contributed by atoms with Gasteiger partial charge >= 0.3 is 0 Å². The molecule has 1 atom stereocenters. The van der Waals surface area contributed by atoms with Crippen LogP contribution in [0.25, 0.3) is 0 Å². The van der Waals surface area contributed by atoms with Gasteiger partial charge < -0.3 is 5.11 Å². The maximum Gasteiger partial charge on any atom is 0.107 e. The molecular formula is C10H16N2OS. The SMILES string of the molecule is Cc1csc(CN2CCCC(O)C2)n1. The summed E-state index contributed by atoms with van der Waals surface area (Å²) in [6.45, 7) is 4.81. The van der Waals surface area contributed by atoms with E-state index in [9.17, 15) is 5.11 Å². The van der Waals surface area contributed by atoms with Crippen LogP contribution in [0.1, 0.15) is 23.5 Å². The highest BCUT2D eigenvalue weighted by Crippen LogP contribution is 2.16. The lowest BCUT2D eigenvalue weighted by atomic mass is 10.1. The molecule has 14 heavy (non-hydrogen) atoms. The van der Waals surface area contributed by atoms with Crippen LogP contribution in [0.2, 0.25) is 0 Å². The van der Waals surface area contributed by atoms with Crippen molar-refractivity contribution in [3.63, 3.8) is 0 Å². The number of hydrogen-bond acceptors (Lipinski definition) is 4. The van der Waals surface area contributed by atoms with Crippen molar-refractivity contribution < 1.29 is 5.11 Å². The lowest BCUT2D eigenvalue weighted by molar-refractivity contribution is 0.0668. The second kappa shape index (κ2) is 4.38. The molecule has 2 heterocycles. The normalized spacial score (nSPS) is 24.0. The van der Waals surface area contributed by atoms with E-state index in [0.29, 0.717) is 0 Å². The molecule has 2 rings (SSSR count). The number of nitrogens with zero attached hydrogens (tertiary/aromatic N) is 2. The summed E-state index contributed by atoms with van der Waals surface area (Å²) in [4.78, 5) is 6.71. The fourth-order valence-electron chi connectivity index (χ4n) is 1.84. The molecule has 3 nitrogen and oxygen atoms in total. The summed E-state index contributed by atoms with van der Waals surface area (Å²) in [6.07, 6.45) is 1.92. The van der Waals surface area contributed by atoms with Gasteiger partial charge in [-0.1, -0.05) is 0 Å². The Morgan fingerprint density at radius 1 is 1.71 bits per heavy atom. The largest absolute Gasteiger partial charge is 0.392 e. The lowest BCUT2D eigenvalue weighted by Gasteiger charge is -2.29. The summed E-state index contributed by atoms with van der Waals surface area (Å²) in [5.74, 6) is 0. The standard InChI is InChI=1S/C10H16N2OS/c1-8-7-14-10(11-8)6-12-4-2-3-9(13)5-12/h7,9,13H,2-6H2,1H3. The molecule has 0 bridgehead atoms. The maximum absolute atomic E-state index is 9.50. The zero-order chi connectivity index (χ0) is 9.97. The van der Waals surface area contributed by atoms with E-state index in [0.717, 1.165) is 43.2 Å². The molecule has 1 aliphatic rings. The minimum atomic E-state index is -0.134. The van der Waals surface area contributed by atoms with Gasteiger partial charge in [0.25, 0.3) is 0 Å². The molecule has 78 valence electrons. The monoisotopic (exact) mass is 212 g/mol. The minimum Gasteiger partial charge on any atom is -0.392 e. The molecule has 1 N–H and O–H groups in total. The smallest absolute Gasteiger partial charge is 0.107 e. The third-order valence-corrected chi connectivity index (χ3v) is 3.46. The predicted octanol–water partition coefficient (Wildman–Crippen LogP) is 1.41. The average Bonchev–Trinajstić information content (AvgIpc) is 2.51. The van der Waals surface area contributed by atoms with Gasteiger partial charge in [-0.3, -0.25) is 4.90 Å². The van der Waals surface area contributed by atoms with Gasteiger partial charge in [0, 0.05) is 17.6 Å². The van der Waals surface area contributed by atoms with Crippen LogP contribution in [0.3, 0.4) is 0 Å². The van der Waals surface area contributed by atoms with Crippen molar-refractivity contribution in [2.75, 3.05) is 13.1 Å². The summed E-state index contributed by atoms with van der Waals surface area (Å²) in [6, 6.07) is 0. The van der Waals surface area contributed by atoms with Crippen molar-refractivity contribution in [1.82, 2.24) is 9.88 Å². The van der Waals surface area contributed by atoms with Crippen molar-refractivity contribution in [3.05, 3.63) is 16.1 Å². The predicted molar refractivity (Wildman–Crippen MR) is 57.4 cm³/mol. The molecule has 0 aliphatic carbocycles. The summed E-state index contributed by atoms with van der Waals surface area (Å²) < 4.78 is 0. The van der Waals surface area contributed by atoms with Crippen molar-refractivity contribution in [2.24, 2.45) is 0 Å². The Morgan fingerprint density at radius 2 is 2.57 bits per heavy atom. The van der Waals surface area contributed by atoms with Crippen LogP contribution in [-0.2, 0) is 6.54 Å². The number of thiazole rings is 1. The van der Waals surface area contributed by atoms with Gasteiger partial charge in [-0.25, -0.2) is 4.98 Å². The number of β-amino-alcohol motifs (C(OH)–C–C–N with tert-alkyl or cyclic N) is 1. The number of aryl methyl sites for hydroxylation is 1. The van der Waals surface area contributed by atoms with Gasteiger partial charge in [-0.2, -0.15) is 0 Å². The second-order valence-corrected chi connectivity index (χ2v) is 4.86. The van der Waals surface area contributed by atoms with E-state index in [4.69, 9.17) is 0 Å². The zero-order valence-electron chi connectivity index (χ0n) is 8.44. The van der Waals surface area contributed by atoms with Crippen LogP contribution in [0.15, 0.2) is 5.38 Å². The summed E-state index contributed by atoms with van der Waals surface area (Å²) in [5.41, 5.74) is 1.10. The maximum atomic E-state index is 9.50. The molecule has 1 aromatic heterocycles. The second-order valence-electron chi connectivity index (χ2n) is 3.91. The Hall–Kier alpha value is -0.450. The number of hydrogen-bond donors (Lipinski definition) is 1. The van der Waals surface area contributed by atoms with Crippen molar-refractivity contribution in [3.8, 4) is 0 Å². The third-order valence-electron chi connectivity index (χ3n) is 2.51. The molecule has 1 aromatic rings. The first-order valence-corrected chi connectivity index (χ1v) is 5.93. The highest BCUT2D eigenvalue weighted by atomic mass is 32.1. The van der Waals surface area contributed by atoms with Crippen molar-refractivity contribution in [1.29, 1.82) is 0 Å². The van der Waals surface area contributed by atoms with Gasteiger partial charge in [0.1, 0.15) is 5.01 Å². The molecule has 4 heteroatoms. The van der Waals surface area contributed by atoms with Gasteiger partial charge in [0.15, 0.2) is 0 Å². The topological polar surface area (TPSA) is 36.4 Å². The van der Waals surface area contributed by atoms with Crippen molar-refractivity contribution in [2.45, 2.75) is 32.4 Å². The van der Waals surface area contributed by atoms with E-state index >= 15 is 0 Å². The van der Waals surface area contributed by atoms with E-state index in [2.05, 4.69) is 15.3 Å². The Balaban J connectivity index is 1.90. The van der Waals surface area contributed by atoms with Gasteiger partial charge in [0.2, 0.25) is 0 Å². The molecule has 0 amide bonds. The molecule has 0 radical (unpaired) electrons. The minimum absolute atomic E-state index is 0.134. The number of aromatic nitrogens is 1.